The Kier molecular flexibility index (Phi) is 3.39. The van der Waals surface area contributed by atoms with Crippen LogP contribution in [0.5, 0.6) is 0 Å². The summed E-state index contributed by atoms with van der Waals surface area (Å²) in [5.74, 6) is -0.919. The first-order chi connectivity index (χ1) is 7.68. The zero-order chi connectivity index (χ0) is 11.5. The van der Waals surface area contributed by atoms with E-state index in [1.807, 2.05) is 6.92 Å². The molecular weight excluding hydrogens is 232 g/mol. The lowest BCUT2D eigenvalue weighted by atomic mass is 10.2. The van der Waals surface area contributed by atoms with Crippen molar-refractivity contribution in [3.05, 3.63) is 0 Å². The highest BCUT2D eigenvalue weighted by molar-refractivity contribution is 7.99. The number of aromatic nitrogens is 4. The van der Waals surface area contributed by atoms with Crippen molar-refractivity contribution in [1.29, 1.82) is 0 Å². The Morgan fingerprint density at radius 3 is 3.19 bits per heavy atom. The standard InChI is InChI=1S/C8H12N4O3S/c1-5-6(2-3-15-5)12-8(9-10-11-12)16-4-7(13)14/h5-6H,2-4H2,1H3,(H,13,14). The van der Waals surface area contributed by atoms with Crippen molar-refractivity contribution in [3.8, 4) is 0 Å². The zero-order valence-corrected chi connectivity index (χ0v) is 9.55. The second-order valence-corrected chi connectivity index (χ2v) is 4.46. The second kappa shape index (κ2) is 4.79. The number of tetrazole rings is 1. The molecule has 0 bridgehead atoms. The Morgan fingerprint density at radius 2 is 2.56 bits per heavy atom. The van der Waals surface area contributed by atoms with Crippen molar-refractivity contribution < 1.29 is 14.6 Å². The molecule has 2 rings (SSSR count). The summed E-state index contributed by atoms with van der Waals surface area (Å²) in [7, 11) is 0. The van der Waals surface area contributed by atoms with E-state index in [9.17, 15) is 4.79 Å². The summed E-state index contributed by atoms with van der Waals surface area (Å²) in [4.78, 5) is 10.5. The molecule has 8 heteroatoms. The fraction of sp³-hybridized carbons (Fsp3) is 0.750. The third-order valence-corrected chi connectivity index (χ3v) is 3.36. The number of carboxylic acid groups (broad SMARTS) is 1. The van der Waals surface area contributed by atoms with Gasteiger partial charge in [0.15, 0.2) is 0 Å². The van der Waals surface area contributed by atoms with Crippen molar-refractivity contribution in [2.45, 2.75) is 30.6 Å². The highest BCUT2D eigenvalue weighted by atomic mass is 32.2. The Labute approximate surface area is 96.2 Å². The SMILES string of the molecule is CC1OCCC1n1nnnc1SCC(=O)O. The van der Waals surface area contributed by atoms with Crippen LogP contribution in [0.3, 0.4) is 0 Å². The minimum Gasteiger partial charge on any atom is -0.481 e. The summed E-state index contributed by atoms with van der Waals surface area (Å²) in [5.41, 5.74) is 0. The number of ether oxygens (including phenoxy) is 1. The minimum atomic E-state index is -0.879. The lowest BCUT2D eigenvalue weighted by molar-refractivity contribution is -0.133. The number of hydrogen-bond donors (Lipinski definition) is 1. The molecule has 1 aliphatic heterocycles. The molecule has 1 fully saturated rings. The maximum absolute atomic E-state index is 10.5. The van der Waals surface area contributed by atoms with E-state index in [1.165, 1.54) is 0 Å². The van der Waals surface area contributed by atoms with Gasteiger partial charge in [-0.3, -0.25) is 4.79 Å². The van der Waals surface area contributed by atoms with Gasteiger partial charge in [0.25, 0.3) is 0 Å². The molecule has 1 saturated heterocycles. The Hall–Kier alpha value is -1.15. The highest BCUT2D eigenvalue weighted by Gasteiger charge is 2.29. The normalized spacial score (nSPS) is 24.8. The van der Waals surface area contributed by atoms with Gasteiger partial charge in [-0.1, -0.05) is 11.8 Å². The van der Waals surface area contributed by atoms with E-state index >= 15 is 0 Å². The van der Waals surface area contributed by atoms with Crippen molar-refractivity contribution in [1.82, 2.24) is 20.2 Å². The summed E-state index contributed by atoms with van der Waals surface area (Å²) >= 11 is 1.12. The van der Waals surface area contributed by atoms with Crippen molar-refractivity contribution in [2.24, 2.45) is 0 Å². The van der Waals surface area contributed by atoms with Crippen molar-refractivity contribution in [2.75, 3.05) is 12.4 Å². The summed E-state index contributed by atoms with van der Waals surface area (Å²) in [5, 5.41) is 20.4. The smallest absolute Gasteiger partial charge is 0.313 e. The van der Waals surface area contributed by atoms with Gasteiger partial charge in [0, 0.05) is 6.61 Å². The molecule has 0 spiro atoms. The van der Waals surface area contributed by atoms with Crippen LogP contribution >= 0.6 is 11.8 Å². The van der Waals surface area contributed by atoms with E-state index in [-0.39, 0.29) is 17.9 Å². The number of carboxylic acids is 1. The molecule has 2 heterocycles. The van der Waals surface area contributed by atoms with Gasteiger partial charge in [0.2, 0.25) is 5.16 Å². The van der Waals surface area contributed by atoms with Crippen LogP contribution in [-0.2, 0) is 9.53 Å². The summed E-state index contributed by atoms with van der Waals surface area (Å²) in [6.45, 7) is 2.65. The van der Waals surface area contributed by atoms with Crippen LogP contribution in [0, 0.1) is 0 Å². The summed E-state index contributed by atoms with van der Waals surface area (Å²) in [6.07, 6.45) is 0.917. The lowest BCUT2D eigenvalue weighted by Crippen LogP contribution is -2.19. The van der Waals surface area contributed by atoms with Gasteiger partial charge in [-0.15, -0.1) is 5.10 Å². The molecule has 88 valence electrons. The van der Waals surface area contributed by atoms with Gasteiger partial charge in [-0.05, 0) is 23.8 Å². The molecule has 2 unspecified atom stereocenters. The Bertz CT molecular complexity index is 383. The first kappa shape index (κ1) is 11.3. The van der Waals surface area contributed by atoms with Crippen LogP contribution < -0.4 is 0 Å². The summed E-state index contributed by atoms with van der Waals surface area (Å²) in [6, 6.07) is 0.103. The van der Waals surface area contributed by atoms with Crippen LogP contribution in [0.2, 0.25) is 0 Å². The van der Waals surface area contributed by atoms with Gasteiger partial charge >= 0.3 is 5.97 Å². The molecule has 0 saturated carbocycles. The van der Waals surface area contributed by atoms with E-state index in [0.29, 0.717) is 11.8 Å². The number of rotatable bonds is 4. The maximum atomic E-state index is 10.5. The fourth-order valence-corrected chi connectivity index (χ4v) is 2.31. The molecule has 2 atom stereocenters. The van der Waals surface area contributed by atoms with Crippen LogP contribution in [0.15, 0.2) is 5.16 Å². The van der Waals surface area contributed by atoms with E-state index in [1.54, 1.807) is 4.68 Å². The second-order valence-electron chi connectivity index (χ2n) is 3.52. The molecule has 16 heavy (non-hydrogen) atoms. The molecule has 0 radical (unpaired) electrons. The van der Waals surface area contributed by atoms with E-state index in [4.69, 9.17) is 9.84 Å². The quantitative estimate of drug-likeness (QED) is 0.756. The van der Waals surface area contributed by atoms with Gasteiger partial charge in [0.05, 0.1) is 17.9 Å². The topological polar surface area (TPSA) is 90.1 Å². The first-order valence-corrected chi connectivity index (χ1v) is 5.91. The maximum Gasteiger partial charge on any atom is 0.313 e. The zero-order valence-electron chi connectivity index (χ0n) is 8.74. The third kappa shape index (κ3) is 2.33. The predicted molar refractivity (Wildman–Crippen MR) is 55.2 cm³/mol. The minimum absolute atomic E-state index is 0.0394. The average Bonchev–Trinajstić information content (AvgIpc) is 2.82. The molecule has 1 aliphatic rings. The van der Waals surface area contributed by atoms with Crippen LogP contribution in [0.1, 0.15) is 19.4 Å². The number of hydrogen-bond acceptors (Lipinski definition) is 6. The monoisotopic (exact) mass is 244 g/mol. The number of nitrogens with zero attached hydrogens (tertiary/aromatic N) is 4. The largest absolute Gasteiger partial charge is 0.481 e. The van der Waals surface area contributed by atoms with Crippen LogP contribution in [0.25, 0.3) is 0 Å². The molecule has 0 aliphatic carbocycles. The van der Waals surface area contributed by atoms with Crippen molar-refractivity contribution >= 4 is 17.7 Å². The third-order valence-electron chi connectivity index (χ3n) is 2.44. The van der Waals surface area contributed by atoms with Gasteiger partial charge in [-0.2, -0.15) is 0 Å². The van der Waals surface area contributed by atoms with E-state index in [0.717, 1.165) is 18.2 Å². The Balaban J connectivity index is 2.09. The highest BCUT2D eigenvalue weighted by Crippen LogP contribution is 2.28. The number of thioether (sulfide) groups is 1. The molecule has 1 N–H and O–H groups in total. The molecule has 7 nitrogen and oxygen atoms in total. The van der Waals surface area contributed by atoms with E-state index in [2.05, 4.69) is 15.5 Å². The number of carbonyl (C=O) groups is 1. The lowest BCUT2D eigenvalue weighted by Gasteiger charge is -2.14. The summed E-state index contributed by atoms with van der Waals surface area (Å²) < 4.78 is 7.09. The Morgan fingerprint density at radius 1 is 1.75 bits per heavy atom. The molecular formula is C8H12N4O3S. The van der Waals surface area contributed by atoms with Crippen molar-refractivity contribution in [3.63, 3.8) is 0 Å². The van der Waals surface area contributed by atoms with Crippen LogP contribution in [-0.4, -0.2) is 49.7 Å². The molecule has 1 aromatic rings. The van der Waals surface area contributed by atoms with E-state index < -0.39 is 5.97 Å². The average molecular weight is 244 g/mol. The predicted octanol–water partition coefficient (Wildman–Crippen LogP) is 0.200. The first-order valence-electron chi connectivity index (χ1n) is 4.92. The van der Waals surface area contributed by atoms with Gasteiger partial charge < -0.3 is 9.84 Å². The van der Waals surface area contributed by atoms with Gasteiger partial charge in [0.1, 0.15) is 0 Å². The van der Waals surface area contributed by atoms with Crippen LogP contribution in [0.4, 0.5) is 0 Å². The fourth-order valence-electron chi connectivity index (χ4n) is 1.66. The molecule has 0 aromatic carbocycles. The molecule has 0 amide bonds. The number of aliphatic carboxylic acids is 1. The molecule has 1 aromatic heterocycles. The van der Waals surface area contributed by atoms with Gasteiger partial charge in [-0.25, -0.2) is 4.68 Å².